The Labute approximate surface area is 140 Å². The molecule has 1 aromatic carbocycles. The van der Waals surface area contributed by atoms with Crippen molar-refractivity contribution in [2.24, 2.45) is 0 Å². The van der Waals surface area contributed by atoms with Crippen LogP contribution in [0.3, 0.4) is 0 Å². The Morgan fingerprint density at radius 2 is 2.21 bits per heavy atom. The Kier molecular flexibility index (Phi) is 3.69. The zero-order chi connectivity index (χ0) is 16.6. The first-order valence-electron chi connectivity index (χ1n) is 8.42. The van der Waals surface area contributed by atoms with Gasteiger partial charge in [0.15, 0.2) is 0 Å². The van der Waals surface area contributed by atoms with E-state index in [9.17, 15) is 5.11 Å². The first-order valence-corrected chi connectivity index (χ1v) is 8.42. The molecule has 4 rings (SSSR count). The number of benzene rings is 1. The lowest BCUT2D eigenvalue weighted by atomic mass is 10.00. The van der Waals surface area contributed by atoms with Crippen molar-refractivity contribution in [2.75, 3.05) is 18.0 Å². The number of aromatic nitrogens is 4. The van der Waals surface area contributed by atoms with Gasteiger partial charge in [0.2, 0.25) is 0 Å². The van der Waals surface area contributed by atoms with Crippen molar-refractivity contribution >= 4 is 16.6 Å². The quantitative estimate of drug-likeness (QED) is 0.771. The standard InChI is InChI=1S/C18H21N5O/c1-2-5-13-10-16(14-6-3-4-7-15(14)20-13)23-9-8-18(24,12-23)17-11-19-22-21-17/h3-4,6-7,10-11,24H,2,5,8-9,12H2,1H3,(H,19,21,22). The number of anilines is 1. The summed E-state index contributed by atoms with van der Waals surface area (Å²) >= 11 is 0. The molecule has 1 fully saturated rings. The van der Waals surface area contributed by atoms with E-state index in [1.807, 2.05) is 12.1 Å². The van der Waals surface area contributed by atoms with Gasteiger partial charge in [0.1, 0.15) is 11.3 Å². The third-order valence-electron chi connectivity index (χ3n) is 4.73. The van der Waals surface area contributed by atoms with Crippen molar-refractivity contribution in [3.05, 3.63) is 47.9 Å². The predicted octanol–water partition coefficient (Wildman–Crippen LogP) is 2.40. The van der Waals surface area contributed by atoms with Crippen molar-refractivity contribution in [3.63, 3.8) is 0 Å². The molecule has 6 nitrogen and oxygen atoms in total. The van der Waals surface area contributed by atoms with Gasteiger partial charge in [-0.2, -0.15) is 15.4 Å². The molecule has 2 aromatic heterocycles. The fraction of sp³-hybridized carbons (Fsp3) is 0.389. The molecule has 0 saturated carbocycles. The van der Waals surface area contributed by atoms with Crippen LogP contribution in [0.15, 0.2) is 36.5 Å². The van der Waals surface area contributed by atoms with E-state index < -0.39 is 5.60 Å². The highest BCUT2D eigenvalue weighted by molar-refractivity contribution is 5.92. The Morgan fingerprint density at radius 1 is 1.33 bits per heavy atom. The number of para-hydroxylation sites is 1. The van der Waals surface area contributed by atoms with Crippen LogP contribution in [0.2, 0.25) is 0 Å². The van der Waals surface area contributed by atoms with Gasteiger partial charge in [0, 0.05) is 29.7 Å². The monoisotopic (exact) mass is 323 g/mol. The topological polar surface area (TPSA) is 77.9 Å². The summed E-state index contributed by atoms with van der Waals surface area (Å²) in [6.07, 6.45) is 4.27. The molecular weight excluding hydrogens is 302 g/mol. The van der Waals surface area contributed by atoms with Crippen LogP contribution in [-0.2, 0) is 12.0 Å². The molecule has 124 valence electrons. The highest BCUT2D eigenvalue weighted by atomic mass is 16.3. The summed E-state index contributed by atoms with van der Waals surface area (Å²) in [4.78, 5) is 7.00. The SMILES string of the molecule is CCCc1cc(N2CCC(O)(c3cn[nH]n3)C2)c2ccccc2n1. The Morgan fingerprint density at radius 3 is 3.00 bits per heavy atom. The molecule has 0 bridgehead atoms. The summed E-state index contributed by atoms with van der Waals surface area (Å²) < 4.78 is 0. The lowest BCUT2D eigenvalue weighted by Crippen LogP contribution is -2.31. The van der Waals surface area contributed by atoms with Crippen molar-refractivity contribution in [1.82, 2.24) is 20.4 Å². The van der Waals surface area contributed by atoms with E-state index in [0.29, 0.717) is 18.7 Å². The van der Waals surface area contributed by atoms with E-state index in [-0.39, 0.29) is 0 Å². The number of hydrogen-bond donors (Lipinski definition) is 2. The lowest BCUT2D eigenvalue weighted by Gasteiger charge is -2.24. The van der Waals surface area contributed by atoms with E-state index in [2.05, 4.69) is 45.4 Å². The highest BCUT2D eigenvalue weighted by Crippen LogP contribution is 2.36. The van der Waals surface area contributed by atoms with E-state index in [1.165, 1.54) is 0 Å². The van der Waals surface area contributed by atoms with Crippen LogP contribution >= 0.6 is 0 Å². The number of H-pyrrole nitrogens is 1. The first kappa shape index (κ1) is 15.1. The minimum absolute atomic E-state index is 0.513. The van der Waals surface area contributed by atoms with Crippen LogP contribution in [0.25, 0.3) is 10.9 Å². The van der Waals surface area contributed by atoms with Gasteiger partial charge in [-0.3, -0.25) is 4.98 Å². The van der Waals surface area contributed by atoms with Gasteiger partial charge in [-0.25, -0.2) is 0 Å². The Bertz CT molecular complexity index is 848. The molecule has 1 aliphatic rings. The molecule has 24 heavy (non-hydrogen) atoms. The average Bonchev–Trinajstić information content (AvgIpc) is 3.25. The van der Waals surface area contributed by atoms with E-state index in [4.69, 9.17) is 4.98 Å². The summed E-state index contributed by atoms with van der Waals surface area (Å²) in [5.41, 5.74) is 2.90. The van der Waals surface area contributed by atoms with Gasteiger partial charge in [-0.15, -0.1) is 0 Å². The van der Waals surface area contributed by atoms with Gasteiger partial charge in [-0.05, 0) is 18.6 Å². The number of aryl methyl sites for hydroxylation is 1. The van der Waals surface area contributed by atoms with Gasteiger partial charge < -0.3 is 10.0 Å². The van der Waals surface area contributed by atoms with E-state index >= 15 is 0 Å². The molecule has 0 spiro atoms. The van der Waals surface area contributed by atoms with Gasteiger partial charge in [0.05, 0.1) is 18.3 Å². The Balaban J connectivity index is 1.74. The van der Waals surface area contributed by atoms with Crippen molar-refractivity contribution in [3.8, 4) is 0 Å². The summed E-state index contributed by atoms with van der Waals surface area (Å²) in [5, 5.41) is 22.6. The van der Waals surface area contributed by atoms with Crippen molar-refractivity contribution in [1.29, 1.82) is 0 Å². The minimum atomic E-state index is -0.956. The van der Waals surface area contributed by atoms with E-state index in [0.717, 1.165) is 41.7 Å². The maximum atomic E-state index is 10.9. The predicted molar refractivity (Wildman–Crippen MR) is 92.8 cm³/mol. The molecule has 3 heterocycles. The van der Waals surface area contributed by atoms with Gasteiger partial charge in [0.25, 0.3) is 0 Å². The van der Waals surface area contributed by atoms with Crippen LogP contribution in [0, 0.1) is 0 Å². The Hall–Kier alpha value is -2.47. The number of pyridine rings is 1. The highest BCUT2D eigenvalue weighted by Gasteiger charge is 2.40. The molecule has 1 saturated heterocycles. The number of rotatable bonds is 4. The summed E-state index contributed by atoms with van der Waals surface area (Å²) in [6, 6.07) is 10.4. The maximum absolute atomic E-state index is 10.9. The normalized spacial score (nSPS) is 20.8. The summed E-state index contributed by atoms with van der Waals surface area (Å²) in [6.45, 7) is 3.46. The number of fused-ring (bicyclic) bond motifs is 1. The molecule has 0 amide bonds. The molecule has 3 aromatic rings. The molecule has 1 aliphatic heterocycles. The zero-order valence-corrected chi connectivity index (χ0v) is 13.7. The van der Waals surface area contributed by atoms with Crippen molar-refractivity contribution in [2.45, 2.75) is 31.8 Å². The molecule has 1 atom stereocenters. The molecule has 0 aliphatic carbocycles. The van der Waals surface area contributed by atoms with Crippen LogP contribution in [-0.4, -0.2) is 38.6 Å². The zero-order valence-electron chi connectivity index (χ0n) is 13.7. The molecule has 6 heteroatoms. The third-order valence-corrected chi connectivity index (χ3v) is 4.73. The number of hydrogen-bond acceptors (Lipinski definition) is 5. The fourth-order valence-electron chi connectivity index (χ4n) is 3.49. The largest absolute Gasteiger partial charge is 0.381 e. The fourth-order valence-corrected chi connectivity index (χ4v) is 3.49. The molecular formula is C18H21N5O. The first-order chi connectivity index (χ1) is 11.7. The molecule has 0 radical (unpaired) electrons. The van der Waals surface area contributed by atoms with Crippen molar-refractivity contribution < 1.29 is 5.11 Å². The number of aromatic amines is 1. The third kappa shape index (κ3) is 2.53. The van der Waals surface area contributed by atoms with Gasteiger partial charge in [-0.1, -0.05) is 31.5 Å². The average molecular weight is 323 g/mol. The minimum Gasteiger partial charge on any atom is -0.381 e. The van der Waals surface area contributed by atoms with Crippen LogP contribution in [0.1, 0.15) is 31.2 Å². The second kappa shape index (κ2) is 5.87. The number of aliphatic hydroxyl groups is 1. The lowest BCUT2D eigenvalue weighted by molar-refractivity contribution is 0.0560. The number of nitrogens with zero attached hydrogens (tertiary/aromatic N) is 4. The molecule has 2 N–H and O–H groups in total. The van der Waals surface area contributed by atoms with Crippen LogP contribution in [0.5, 0.6) is 0 Å². The second-order valence-corrected chi connectivity index (χ2v) is 6.46. The number of nitrogens with one attached hydrogen (secondary N) is 1. The number of β-amino-alcohol motifs (C(OH)–C–C–N with tert-alkyl or cyclic N) is 1. The summed E-state index contributed by atoms with van der Waals surface area (Å²) in [7, 11) is 0. The van der Waals surface area contributed by atoms with Crippen LogP contribution in [0.4, 0.5) is 5.69 Å². The molecule has 1 unspecified atom stereocenters. The van der Waals surface area contributed by atoms with Crippen LogP contribution < -0.4 is 4.90 Å². The second-order valence-electron chi connectivity index (χ2n) is 6.46. The smallest absolute Gasteiger partial charge is 0.129 e. The van der Waals surface area contributed by atoms with E-state index in [1.54, 1.807) is 6.20 Å². The summed E-state index contributed by atoms with van der Waals surface area (Å²) in [5.74, 6) is 0. The maximum Gasteiger partial charge on any atom is 0.129 e. The van der Waals surface area contributed by atoms with Gasteiger partial charge >= 0.3 is 0 Å².